The van der Waals surface area contributed by atoms with E-state index in [1.807, 2.05) is 24.3 Å². The highest BCUT2D eigenvalue weighted by Crippen LogP contribution is 2.20. The van der Waals surface area contributed by atoms with Gasteiger partial charge in [-0.2, -0.15) is 0 Å². The first-order valence-corrected chi connectivity index (χ1v) is 5.87. The molecular formula is C11H7BrN2O2S. The van der Waals surface area contributed by atoms with Gasteiger partial charge in [0.25, 0.3) is 0 Å². The SMILES string of the molecule is O=C(O)c1cc(-c2ccc(Br)cc2)nc(=S)[nH]1. The first-order valence-electron chi connectivity index (χ1n) is 4.67. The van der Waals surface area contributed by atoms with Crippen molar-refractivity contribution in [2.75, 3.05) is 0 Å². The molecule has 0 fully saturated rings. The first kappa shape index (κ1) is 11.9. The van der Waals surface area contributed by atoms with Crippen LogP contribution in [0, 0.1) is 4.77 Å². The number of hydrogen-bond donors (Lipinski definition) is 2. The van der Waals surface area contributed by atoms with Gasteiger partial charge in [0.1, 0.15) is 5.69 Å². The average Bonchev–Trinajstić information content (AvgIpc) is 2.29. The molecule has 0 amide bonds. The molecule has 1 heterocycles. The highest BCUT2D eigenvalue weighted by atomic mass is 79.9. The van der Waals surface area contributed by atoms with Crippen molar-refractivity contribution in [3.8, 4) is 11.3 Å². The Morgan fingerprint density at radius 1 is 1.35 bits per heavy atom. The van der Waals surface area contributed by atoms with Crippen molar-refractivity contribution in [3.05, 3.63) is 45.3 Å². The van der Waals surface area contributed by atoms with Crippen LogP contribution in [0.5, 0.6) is 0 Å². The molecule has 2 aromatic rings. The Balaban J connectivity index is 2.55. The number of carbonyl (C=O) groups is 1. The third-order valence-corrected chi connectivity index (χ3v) is 2.84. The fourth-order valence-corrected chi connectivity index (χ4v) is 1.81. The number of aromatic amines is 1. The molecule has 0 aliphatic carbocycles. The molecule has 2 rings (SSSR count). The van der Waals surface area contributed by atoms with Crippen LogP contribution in [0.1, 0.15) is 10.5 Å². The summed E-state index contributed by atoms with van der Waals surface area (Å²) in [5.41, 5.74) is 1.39. The van der Waals surface area contributed by atoms with E-state index in [4.69, 9.17) is 17.3 Å². The summed E-state index contributed by atoms with van der Waals surface area (Å²) in [4.78, 5) is 17.5. The molecule has 1 aromatic carbocycles. The van der Waals surface area contributed by atoms with Crippen LogP contribution >= 0.6 is 28.1 Å². The minimum absolute atomic E-state index is 0.0305. The minimum Gasteiger partial charge on any atom is -0.477 e. The minimum atomic E-state index is -1.06. The molecule has 0 bridgehead atoms. The Kier molecular flexibility index (Phi) is 3.35. The van der Waals surface area contributed by atoms with E-state index in [0.717, 1.165) is 10.0 Å². The number of nitrogens with one attached hydrogen (secondary N) is 1. The van der Waals surface area contributed by atoms with Crippen LogP contribution in [0.25, 0.3) is 11.3 Å². The van der Waals surface area contributed by atoms with E-state index in [1.54, 1.807) is 0 Å². The van der Waals surface area contributed by atoms with Gasteiger partial charge in [-0.05, 0) is 30.4 Å². The molecule has 0 saturated heterocycles. The smallest absolute Gasteiger partial charge is 0.352 e. The quantitative estimate of drug-likeness (QED) is 0.836. The molecule has 6 heteroatoms. The second-order valence-electron chi connectivity index (χ2n) is 3.30. The number of aromatic carboxylic acids is 1. The Morgan fingerprint density at radius 3 is 2.59 bits per heavy atom. The number of benzene rings is 1. The average molecular weight is 311 g/mol. The number of carboxylic acids is 1. The van der Waals surface area contributed by atoms with Gasteiger partial charge in [-0.25, -0.2) is 9.78 Å². The number of nitrogens with zero attached hydrogens (tertiary/aromatic N) is 1. The van der Waals surface area contributed by atoms with Crippen LogP contribution in [0.3, 0.4) is 0 Å². The van der Waals surface area contributed by atoms with Crippen molar-refractivity contribution in [1.29, 1.82) is 0 Å². The molecule has 0 aliphatic rings. The van der Waals surface area contributed by atoms with Crippen molar-refractivity contribution in [2.45, 2.75) is 0 Å². The molecule has 2 N–H and O–H groups in total. The second-order valence-corrected chi connectivity index (χ2v) is 4.60. The third kappa shape index (κ3) is 2.78. The highest BCUT2D eigenvalue weighted by Gasteiger charge is 2.07. The zero-order valence-electron chi connectivity index (χ0n) is 8.48. The predicted molar refractivity (Wildman–Crippen MR) is 69.5 cm³/mol. The van der Waals surface area contributed by atoms with E-state index in [9.17, 15) is 4.79 Å². The van der Waals surface area contributed by atoms with E-state index in [2.05, 4.69) is 25.9 Å². The maximum atomic E-state index is 10.9. The maximum absolute atomic E-state index is 10.9. The Labute approximate surface area is 110 Å². The van der Waals surface area contributed by atoms with E-state index in [0.29, 0.717) is 5.69 Å². The largest absolute Gasteiger partial charge is 0.477 e. The standard InChI is InChI=1S/C11H7BrN2O2S/c12-7-3-1-6(2-4-7)8-5-9(10(15)16)14-11(17)13-8/h1-5H,(H,15,16)(H,13,14,17). The summed E-state index contributed by atoms with van der Waals surface area (Å²) in [7, 11) is 0. The summed E-state index contributed by atoms with van der Waals surface area (Å²) in [6, 6.07) is 8.86. The zero-order chi connectivity index (χ0) is 12.4. The Hall–Kier alpha value is -1.53. The van der Waals surface area contributed by atoms with Gasteiger partial charge in [0.2, 0.25) is 0 Å². The lowest BCUT2D eigenvalue weighted by molar-refractivity contribution is 0.0690. The number of carboxylic acid groups (broad SMARTS) is 1. The van der Waals surface area contributed by atoms with Gasteiger partial charge in [-0.15, -0.1) is 0 Å². The molecule has 1 aromatic heterocycles. The lowest BCUT2D eigenvalue weighted by Crippen LogP contribution is -2.02. The van der Waals surface area contributed by atoms with Gasteiger partial charge < -0.3 is 10.1 Å². The van der Waals surface area contributed by atoms with Gasteiger partial charge in [-0.3, -0.25) is 0 Å². The number of hydrogen-bond acceptors (Lipinski definition) is 3. The predicted octanol–water partition coefficient (Wildman–Crippen LogP) is 3.27. The number of aromatic nitrogens is 2. The molecule has 0 atom stereocenters. The summed E-state index contributed by atoms with van der Waals surface area (Å²) < 4.78 is 1.10. The van der Waals surface area contributed by atoms with Crippen molar-refractivity contribution in [2.24, 2.45) is 0 Å². The van der Waals surface area contributed by atoms with Crippen LogP contribution < -0.4 is 0 Å². The number of halogens is 1. The molecule has 0 spiro atoms. The molecule has 0 aliphatic heterocycles. The zero-order valence-corrected chi connectivity index (χ0v) is 10.9. The number of H-pyrrole nitrogens is 1. The fourth-order valence-electron chi connectivity index (χ4n) is 1.34. The van der Waals surface area contributed by atoms with Crippen LogP contribution in [-0.4, -0.2) is 21.0 Å². The molecule has 0 saturated carbocycles. The van der Waals surface area contributed by atoms with E-state index in [1.165, 1.54) is 6.07 Å². The van der Waals surface area contributed by atoms with Gasteiger partial charge in [0.05, 0.1) is 5.69 Å². The van der Waals surface area contributed by atoms with Crippen LogP contribution in [-0.2, 0) is 0 Å². The Bertz CT molecular complexity index is 622. The van der Waals surface area contributed by atoms with Crippen molar-refractivity contribution in [1.82, 2.24) is 9.97 Å². The van der Waals surface area contributed by atoms with Crippen molar-refractivity contribution < 1.29 is 9.90 Å². The second kappa shape index (κ2) is 4.77. The normalized spacial score (nSPS) is 10.2. The molecule has 0 radical (unpaired) electrons. The van der Waals surface area contributed by atoms with E-state index in [-0.39, 0.29) is 10.5 Å². The lowest BCUT2D eigenvalue weighted by atomic mass is 10.1. The molecule has 86 valence electrons. The fraction of sp³-hybridized carbons (Fsp3) is 0. The van der Waals surface area contributed by atoms with Crippen LogP contribution in [0.2, 0.25) is 0 Å². The van der Waals surface area contributed by atoms with Gasteiger partial charge in [0, 0.05) is 10.0 Å². The van der Waals surface area contributed by atoms with Gasteiger partial charge in [0.15, 0.2) is 4.77 Å². The summed E-state index contributed by atoms with van der Waals surface area (Å²) in [6.07, 6.45) is 0. The topological polar surface area (TPSA) is 66.0 Å². The van der Waals surface area contributed by atoms with Gasteiger partial charge >= 0.3 is 5.97 Å². The molecule has 0 unspecified atom stereocenters. The molecule has 4 nitrogen and oxygen atoms in total. The summed E-state index contributed by atoms with van der Waals surface area (Å²) in [5, 5.41) is 8.91. The first-order chi connectivity index (χ1) is 8.06. The monoisotopic (exact) mass is 310 g/mol. The summed E-state index contributed by atoms with van der Waals surface area (Å²) in [5.74, 6) is -1.06. The summed E-state index contributed by atoms with van der Waals surface area (Å²) in [6.45, 7) is 0. The van der Waals surface area contributed by atoms with E-state index >= 15 is 0 Å². The number of rotatable bonds is 2. The van der Waals surface area contributed by atoms with Crippen LogP contribution in [0.15, 0.2) is 34.8 Å². The van der Waals surface area contributed by atoms with Crippen molar-refractivity contribution >= 4 is 34.1 Å². The third-order valence-electron chi connectivity index (χ3n) is 2.12. The van der Waals surface area contributed by atoms with E-state index < -0.39 is 5.97 Å². The maximum Gasteiger partial charge on any atom is 0.352 e. The highest BCUT2D eigenvalue weighted by molar-refractivity contribution is 9.10. The Morgan fingerprint density at radius 2 is 2.00 bits per heavy atom. The lowest BCUT2D eigenvalue weighted by Gasteiger charge is -2.02. The van der Waals surface area contributed by atoms with Crippen molar-refractivity contribution in [3.63, 3.8) is 0 Å². The van der Waals surface area contributed by atoms with Gasteiger partial charge in [-0.1, -0.05) is 28.1 Å². The van der Waals surface area contributed by atoms with Crippen LogP contribution in [0.4, 0.5) is 0 Å². The molecule has 17 heavy (non-hydrogen) atoms. The summed E-state index contributed by atoms with van der Waals surface area (Å²) >= 11 is 8.22. The molecular weight excluding hydrogens is 304 g/mol.